The number of hydrogen-bond donors (Lipinski definition) is 2. The van der Waals surface area contributed by atoms with Crippen LogP contribution in [0.3, 0.4) is 0 Å². The second-order valence-electron chi connectivity index (χ2n) is 3.09. The molecule has 1 unspecified atom stereocenters. The molecule has 0 aliphatic heterocycles. The Morgan fingerprint density at radius 1 is 1.73 bits per heavy atom. The Hall–Kier alpha value is -1.07. The molecule has 3 N–H and O–H groups in total. The molecule has 0 aromatic carbocycles. The Labute approximate surface area is 96.7 Å². The lowest BCUT2D eigenvalue weighted by Crippen LogP contribution is -2.09. The molecule has 0 aliphatic carbocycles. The minimum absolute atomic E-state index is 0.0508. The first-order valence-electron chi connectivity index (χ1n) is 4.22. The fourth-order valence-electron chi connectivity index (χ4n) is 1.05. The van der Waals surface area contributed by atoms with Gasteiger partial charge in [0.1, 0.15) is 5.15 Å². The van der Waals surface area contributed by atoms with Crippen LogP contribution >= 0.6 is 23.2 Å². The molecule has 0 amide bonds. The highest BCUT2D eigenvalue weighted by molar-refractivity contribution is 6.40. The summed E-state index contributed by atoms with van der Waals surface area (Å²) in [5.41, 5.74) is 0. The Kier molecular flexibility index (Phi) is 4.11. The molecular weight excluding hydrogens is 239 g/mol. The van der Waals surface area contributed by atoms with Gasteiger partial charge in [0.15, 0.2) is 16.8 Å². The highest BCUT2D eigenvalue weighted by Gasteiger charge is 2.15. The van der Waals surface area contributed by atoms with Gasteiger partial charge in [-0.3, -0.25) is 4.79 Å². The SMILES string of the molecule is CC(C=NN)CC(=O)c1nc(Cl)c(Cl)[nH]1. The summed E-state index contributed by atoms with van der Waals surface area (Å²) in [7, 11) is 0. The summed E-state index contributed by atoms with van der Waals surface area (Å²) in [6.07, 6.45) is 1.74. The summed E-state index contributed by atoms with van der Waals surface area (Å²) >= 11 is 11.2. The molecule has 0 bridgehead atoms. The number of nitrogens with one attached hydrogen (secondary N) is 1. The summed E-state index contributed by atoms with van der Waals surface area (Å²) in [6, 6.07) is 0. The van der Waals surface area contributed by atoms with Crippen LogP contribution in [0.15, 0.2) is 5.10 Å². The van der Waals surface area contributed by atoms with E-state index in [9.17, 15) is 4.79 Å². The van der Waals surface area contributed by atoms with E-state index in [0.717, 1.165) is 0 Å². The molecule has 0 radical (unpaired) electrons. The zero-order chi connectivity index (χ0) is 11.4. The zero-order valence-electron chi connectivity index (χ0n) is 8.00. The first-order chi connectivity index (χ1) is 7.04. The van der Waals surface area contributed by atoms with E-state index >= 15 is 0 Å². The van der Waals surface area contributed by atoms with Crippen LogP contribution in [-0.4, -0.2) is 22.0 Å². The molecule has 0 aliphatic rings. The topological polar surface area (TPSA) is 84.1 Å². The quantitative estimate of drug-likeness (QED) is 0.369. The van der Waals surface area contributed by atoms with Crippen LogP contribution in [0.2, 0.25) is 10.3 Å². The second-order valence-corrected chi connectivity index (χ2v) is 3.83. The zero-order valence-corrected chi connectivity index (χ0v) is 9.51. The van der Waals surface area contributed by atoms with E-state index < -0.39 is 0 Å². The molecule has 0 fully saturated rings. The summed E-state index contributed by atoms with van der Waals surface area (Å²) in [5.74, 6) is 4.88. The number of carbonyl (C=O) groups is 1. The van der Waals surface area contributed by atoms with Gasteiger partial charge in [-0.25, -0.2) is 4.98 Å². The van der Waals surface area contributed by atoms with Crippen molar-refractivity contribution >= 4 is 35.2 Å². The number of carbonyl (C=O) groups excluding carboxylic acids is 1. The minimum atomic E-state index is -0.184. The van der Waals surface area contributed by atoms with Crippen molar-refractivity contribution in [2.45, 2.75) is 13.3 Å². The molecule has 1 aromatic rings. The molecule has 15 heavy (non-hydrogen) atoms. The van der Waals surface area contributed by atoms with E-state index in [2.05, 4.69) is 15.1 Å². The molecule has 0 saturated heterocycles. The number of nitrogens with zero attached hydrogens (tertiary/aromatic N) is 2. The maximum Gasteiger partial charge on any atom is 0.198 e. The van der Waals surface area contributed by atoms with Gasteiger partial charge >= 0.3 is 0 Å². The Morgan fingerprint density at radius 2 is 2.40 bits per heavy atom. The van der Waals surface area contributed by atoms with Crippen molar-refractivity contribution in [1.82, 2.24) is 9.97 Å². The minimum Gasteiger partial charge on any atom is -0.325 e. The molecule has 1 atom stereocenters. The van der Waals surface area contributed by atoms with Crippen molar-refractivity contribution in [3.8, 4) is 0 Å². The number of hydrogen-bond acceptors (Lipinski definition) is 4. The molecule has 1 heterocycles. The fraction of sp³-hybridized carbons (Fsp3) is 0.375. The van der Waals surface area contributed by atoms with Crippen molar-refractivity contribution in [3.05, 3.63) is 16.1 Å². The number of nitrogens with two attached hydrogens (primary N) is 1. The van der Waals surface area contributed by atoms with Gasteiger partial charge in [-0.2, -0.15) is 5.10 Å². The number of aromatic amines is 1. The van der Waals surface area contributed by atoms with Crippen molar-refractivity contribution < 1.29 is 4.79 Å². The van der Waals surface area contributed by atoms with Crippen LogP contribution in [0.4, 0.5) is 0 Å². The normalized spacial score (nSPS) is 13.3. The average molecular weight is 249 g/mol. The van der Waals surface area contributed by atoms with E-state index in [1.807, 2.05) is 6.92 Å². The lowest BCUT2D eigenvalue weighted by Gasteiger charge is -2.00. The van der Waals surface area contributed by atoms with E-state index in [1.54, 1.807) is 0 Å². The Balaban J connectivity index is 2.69. The first kappa shape index (κ1) is 12.0. The van der Waals surface area contributed by atoms with E-state index in [-0.39, 0.29) is 34.3 Å². The van der Waals surface area contributed by atoms with Gasteiger partial charge in [-0.05, 0) is 0 Å². The Morgan fingerprint density at radius 3 is 2.87 bits per heavy atom. The van der Waals surface area contributed by atoms with Crippen molar-refractivity contribution in [2.24, 2.45) is 16.9 Å². The van der Waals surface area contributed by atoms with Crippen LogP contribution in [0.1, 0.15) is 24.0 Å². The number of imidazole rings is 1. The Bertz CT molecular complexity index is 368. The van der Waals surface area contributed by atoms with Crippen molar-refractivity contribution in [3.63, 3.8) is 0 Å². The largest absolute Gasteiger partial charge is 0.325 e. The van der Waals surface area contributed by atoms with Crippen molar-refractivity contribution in [2.75, 3.05) is 0 Å². The number of aromatic nitrogens is 2. The van der Waals surface area contributed by atoms with Gasteiger partial charge in [0, 0.05) is 18.6 Å². The lowest BCUT2D eigenvalue weighted by molar-refractivity contribution is 0.0965. The second kappa shape index (κ2) is 5.14. The third-order valence-corrected chi connectivity index (χ3v) is 2.37. The first-order valence-corrected chi connectivity index (χ1v) is 4.97. The van der Waals surface area contributed by atoms with Crippen LogP contribution < -0.4 is 5.84 Å². The number of halogens is 2. The highest BCUT2D eigenvalue weighted by atomic mass is 35.5. The van der Waals surface area contributed by atoms with Gasteiger partial charge in [0.05, 0.1) is 0 Å². The molecule has 7 heteroatoms. The summed E-state index contributed by atoms with van der Waals surface area (Å²) in [5, 5.41) is 3.61. The number of ketones is 1. The monoisotopic (exact) mass is 248 g/mol. The average Bonchev–Trinajstić information content (AvgIpc) is 2.47. The van der Waals surface area contributed by atoms with Crippen molar-refractivity contribution in [1.29, 1.82) is 0 Å². The highest BCUT2D eigenvalue weighted by Crippen LogP contribution is 2.19. The number of H-pyrrole nitrogens is 1. The summed E-state index contributed by atoms with van der Waals surface area (Å²) in [6.45, 7) is 1.82. The standard InChI is InChI=1S/C8H10Cl2N4O/c1-4(3-12-11)2-5(15)8-13-6(9)7(10)14-8/h3-4H,2,11H2,1H3,(H,13,14). The number of hydrazone groups is 1. The van der Waals surface area contributed by atoms with Gasteiger partial charge in [-0.15, -0.1) is 0 Å². The third kappa shape index (κ3) is 3.21. The van der Waals surface area contributed by atoms with Crippen LogP contribution in [0.25, 0.3) is 0 Å². The summed E-state index contributed by atoms with van der Waals surface area (Å²) < 4.78 is 0. The molecule has 1 aromatic heterocycles. The van der Waals surface area contributed by atoms with E-state index in [4.69, 9.17) is 29.0 Å². The molecule has 0 spiro atoms. The van der Waals surface area contributed by atoms with Gasteiger partial charge in [0.2, 0.25) is 0 Å². The molecule has 82 valence electrons. The predicted molar refractivity (Wildman–Crippen MR) is 59.4 cm³/mol. The van der Waals surface area contributed by atoms with Crippen LogP contribution in [0.5, 0.6) is 0 Å². The van der Waals surface area contributed by atoms with Gasteiger partial charge in [0.25, 0.3) is 0 Å². The maximum absolute atomic E-state index is 11.6. The van der Waals surface area contributed by atoms with Crippen LogP contribution in [0, 0.1) is 5.92 Å². The number of Topliss-reactive ketones (excluding diaryl/α,β-unsaturated/α-hetero) is 1. The molecule has 0 saturated carbocycles. The third-order valence-electron chi connectivity index (χ3n) is 1.73. The predicted octanol–water partition coefficient (Wildman–Crippen LogP) is 1.87. The molecular formula is C8H10Cl2N4O. The molecule has 1 rings (SSSR count). The lowest BCUT2D eigenvalue weighted by atomic mass is 10.1. The van der Waals surface area contributed by atoms with Crippen LogP contribution in [-0.2, 0) is 0 Å². The maximum atomic E-state index is 11.6. The summed E-state index contributed by atoms with van der Waals surface area (Å²) in [4.78, 5) is 17.9. The molecule has 5 nitrogen and oxygen atoms in total. The van der Waals surface area contributed by atoms with E-state index in [0.29, 0.717) is 0 Å². The van der Waals surface area contributed by atoms with E-state index in [1.165, 1.54) is 6.21 Å². The number of rotatable bonds is 4. The van der Waals surface area contributed by atoms with Gasteiger partial charge in [-0.1, -0.05) is 30.1 Å². The van der Waals surface area contributed by atoms with Gasteiger partial charge < -0.3 is 10.8 Å². The fourth-order valence-corrected chi connectivity index (χ4v) is 1.32. The smallest absolute Gasteiger partial charge is 0.198 e.